The maximum Gasteiger partial charge on any atom is 0.115 e. The number of hydrogen-bond acceptors (Lipinski definition) is 4. The summed E-state index contributed by atoms with van der Waals surface area (Å²) in [6.45, 7) is -0.00131. The van der Waals surface area contributed by atoms with E-state index in [0.717, 1.165) is 16.7 Å². The lowest BCUT2D eigenvalue weighted by atomic mass is 10.0. The van der Waals surface area contributed by atoms with Crippen LogP contribution in [-0.2, 0) is 6.42 Å². The molecule has 3 N–H and O–H groups in total. The predicted octanol–water partition coefficient (Wildman–Crippen LogP) is 1.01. The number of benzene rings is 1. The topological polar surface area (TPSA) is 72.0 Å². The van der Waals surface area contributed by atoms with Gasteiger partial charge in [0.2, 0.25) is 0 Å². The maximum absolute atomic E-state index is 8.94. The van der Waals surface area contributed by atoms with Crippen LogP contribution in [0.5, 0.6) is 0 Å². The zero-order valence-electron chi connectivity index (χ0n) is 9.45. The van der Waals surface area contributed by atoms with E-state index in [1.54, 1.807) is 12.4 Å². The normalized spacial score (nSPS) is 12.4. The minimum absolute atomic E-state index is 0.00131. The molecule has 1 aromatic heterocycles. The lowest BCUT2D eigenvalue weighted by molar-refractivity contribution is 0.265. The van der Waals surface area contributed by atoms with Crippen LogP contribution in [0.15, 0.2) is 43.0 Å². The minimum Gasteiger partial charge on any atom is -0.395 e. The van der Waals surface area contributed by atoms with Crippen molar-refractivity contribution in [1.82, 2.24) is 9.97 Å². The highest BCUT2D eigenvalue weighted by molar-refractivity contribution is 5.62. The Bertz CT molecular complexity index is 473. The summed E-state index contributed by atoms with van der Waals surface area (Å²) in [5, 5.41) is 8.94. The molecule has 2 aromatic rings. The van der Waals surface area contributed by atoms with Crippen LogP contribution in [0.1, 0.15) is 5.56 Å². The highest BCUT2D eigenvalue weighted by atomic mass is 16.3. The Morgan fingerprint density at radius 2 is 1.94 bits per heavy atom. The summed E-state index contributed by atoms with van der Waals surface area (Å²) < 4.78 is 0. The molecule has 1 aromatic carbocycles. The summed E-state index contributed by atoms with van der Waals surface area (Å²) in [4.78, 5) is 7.98. The molecule has 1 atom stereocenters. The fourth-order valence-electron chi connectivity index (χ4n) is 1.69. The van der Waals surface area contributed by atoms with Crippen LogP contribution < -0.4 is 5.73 Å². The Balaban J connectivity index is 2.23. The average Bonchev–Trinajstić information content (AvgIpc) is 2.40. The van der Waals surface area contributed by atoms with Crippen molar-refractivity contribution >= 4 is 0 Å². The molecule has 0 aliphatic heterocycles. The van der Waals surface area contributed by atoms with Crippen LogP contribution in [-0.4, -0.2) is 27.7 Å². The van der Waals surface area contributed by atoms with E-state index >= 15 is 0 Å². The van der Waals surface area contributed by atoms with Crippen LogP contribution >= 0.6 is 0 Å². The van der Waals surface area contributed by atoms with Crippen molar-refractivity contribution in [3.63, 3.8) is 0 Å². The zero-order chi connectivity index (χ0) is 12.1. The fourth-order valence-corrected chi connectivity index (χ4v) is 1.69. The Labute approximate surface area is 100 Å². The van der Waals surface area contributed by atoms with E-state index in [2.05, 4.69) is 9.97 Å². The molecule has 17 heavy (non-hydrogen) atoms. The molecule has 0 saturated heterocycles. The maximum atomic E-state index is 8.94. The molecule has 1 unspecified atom stereocenters. The molecule has 88 valence electrons. The van der Waals surface area contributed by atoms with Crippen LogP contribution in [0, 0.1) is 0 Å². The molecule has 0 spiro atoms. The van der Waals surface area contributed by atoms with E-state index < -0.39 is 0 Å². The summed E-state index contributed by atoms with van der Waals surface area (Å²) in [6.07, 6.45) is 5.73. The summed E-state index contributed by atoms with van der Waals surface area (Å²) in [6, 6.07) is 7.82. The molecular weight excluding hydrogens is 214 g/mol. The first-order valence-corrected chi connectivity index (χ1v) is 5.50. The third-order valence-electron chi connectivity index (χ3n) is 2.55. The third-order valence-corrected chi connectivity index (χ3v) is 2.55. The lowest BCUT2D eigenvalue weighted by Crippen LogP contribution is -2.26. The number of aliphatic hydroxyl groups is 1. The van der Waals surface area contributed by atoms with Gasteiger partial charge in [-0.2, -0.15) is 0 Å². The molecule has 0 aliphatic rings. The second kappa shape index (κ2) is 5.52. The smallest absolute Gasteiger partial charge is 0.115 e. The van der Waals surface area contributed by atoms with Gasteiger partial charge in [-0.3, -0.25) is 0 Å². The molecule has 2 rings (SSSR count). The Hall–Kier alpha value is -1.78. The van der Waals surface area contributed by atoms with E-state index in [-0.39, 0.29) is 12.6 Å². The Morgan fingerprint density at radius 1 is 1.18 bits per heavy atom. The van der Waals surface area contributed by atoms with Crippen LogP contribution in [0.4, 0.5) is 0 Å². The van der Waals surface area contributed by atoms with Gasteiger partial charge in [0.05, 0.1) is 6.61 Å². The standard InChI is InChI=1S/C13H15N3O/c14-13(8-17)5-10-2-1-3-11(4-10)12-6-15-9-16-7-12/h1-4,6-7,9,13,17H,5,8,14H2. The van der Waals surface area contributed by atoms with Crippen LogP contribution in [0.25, 0.3) is 11.1 Å². The number of rotatable bonds is 4. The van der Waals surface area contributed by atoms with Gasteiger partial charge in [-0.05, 0) is 17.5 Å². The summed E-state index contributed by atoms with van der Waals surface area (Å²) >= 11 is 0. The first-order valence-electron chi connectivity index (χ1n) is 5.50. The van der Waals surface area contributed by atoms with Crippen LogP contribution in [0.3, 0.4) is 0 Å². The van der Waals surface area contributed by atoms with Crippen molar-refractivity contribution in [2.24, 2.45) is 5.73 Å². The zero-order valence-corrected chi connectivity index (χ0v) is 9.45. The van der Waals surface area contributed by atoms with E-state index in [1.165, 1.54) is 6.33 Å². The van der Waals surface area contributed by atoms with Crippen molar-refractivity contribution in [2.45, 2.75) is 12.5 Å². The predicted molar refractivity (Wildman–Crippen MR) is 66.2 cm³/mol. The number of aliphatic hydroxyl groups excluding tert-OH is 1. The number of nitrogens with zero attached hydrogens (tertiary/aromatic N) is 2. The lowest BCUT2D eigenvalue weighted by Gasteiger charge is -2.09. The molecule has 0 saturated carbocycles. The van der Waals surface area contributed by atoms with Gasteiger partial charge in [0, 0.05) is 24.0 Å². The third kappa shape index (κ3) is 3.09. The minimum atomic E-state index is -0.211. The van der Waals surface area contributed by atoms with Gasteiger partial charge >= 0.3 is 0 Å². The monoisotopic (exact) mass is 229 g/mol. The number of hydrogen-bond donors (Lipinski definition) is 2. The molecule has 4 nitrogen and oxygen atoms in total. The highest BCUT2D eigenvalue weighted by Crippen LogP contribution is 2.18. The Morgan fingerprint density at radius 3 is 2.65 bits per heavy atom. The van der Waals surface area contributed by atoms with Crippen molar-refractivity contribution < 1.29 is 5.11 Å². The second-order valence-corrected chi connectivity index (χ2v) is 3.97. The summed E-state index contributed by atoms with van der Waals surface area (Å²) in [7, 11) is 0. The van der Waals surface area contributed by atoms with E-state index in [1.807, 2.05) is 24.3 Å². The van der Waals surface area contributed by atoms with E-state index in [0.29, 0.717) is 6.42 Å². The molecule has 0 aliphatic carbocycles. The van der Waals surface area contributed by atoms with Crippen LogP contribution in [0.2, 0.25) is 0 Å². The van der Waals surface area contributed by atoms with Gasteiger partial charge in [-0.1, -0.05) is 24.3 Å². The van der Waals surface area contributed by atoms with E-state index in [4.69, 9.17) is 10.8 Å². The first kappa shape index (κ1) is 11.7. The molecule has 4 heteroatoms. The number of aromatic nitrogens is 2. The second-order valence-electron chi connectivity index (χ2n) is 3.97. The van der Waals surface area contributed by atoms with Crippen molar-refractivity contribution in [3.8, 4) is 11.1 Å². The average molecular weight is 229 g/mol. The molecule has 0 amide bonds. The Kier molecular flexibility index (Phi) is 3.80. The molecule has 0 fully saturated rings. The van der Waals surface area contributed by atoms with Gasteiger partial charge in [-0.25, -0.2) is 9.97 Å². The van der Waals surface area contributed by atoms with E-state index in [9.17, 15) is 0 Å². The number of nitrogens with two attached hydrogens (primary N) is 1. The van der Waals surface area contributed by atoms with Gasteiger partial charge in [0.1, 0.15) is 6.33 Å². The van der Waals surface area contributed by atoms with Gasteiger partial charge in [0.15, 0.2) is 0 Å². The van der Waals surface area contributed by atoms with Gasteiger partial charge in [0.25, 0.3) is 0 Å². The quantitative estimate of drug-likeness (QED) is 0.820. The largest absolute Gasteiger partial charge is 0.395 e. The fraction of sp³-hybridized carbons (Fsp3) is 0.231. The van der Waals surface area contributed by atoms with Crippen molar-refractivity contribution in [3.05, 3.63) is 48.5 Å². The first-order chi connectivity index (χ1) is 8.29. The summed E-state index contributed by atoms with van der Waals surface area (Å²) in [5.74, 6) is 0. The van der Waals surface area contributed by atoms with Gasteiger partial charge < -0.3 is 10.8 Å². The van der Waals surface area contributed by atoms with Crippen molar-refractivity contribution in [1.29, 1.82) is 0 Å². The van der Waals surface area contributed by atoms with Crippen molar-refractivity contribution in [2.75, 3.05) is 6.61 Å². The summed E-state index contributed by atoms with van der Waals surface area (Å²) in [5.41, 5.74) is 8.87. The molecular formula is C13H15N3O. The van der Waals surface area contributed by atoms with Gasteiger partial charge in [-0.15, -0.1) is 0 Å². The molecule has 0 bridgehead atoms. The SMILES string of the molecule is NC(CO)Cc1cccc(-c2cncnc2)c1. The highest BCUT2D eigenvalue weighted by Gasteiger charge is 2.04. The molecule has 1 heterocycles. The molecule has 0 radical (unpaired) electrons.